The van der Waals surface area contributed by atoms with Gasteiger partial charge in [0.15, 0.2) is 0 Å². The maximum Gasteiger partial charge on any atom is 0.127 e. The van der Waals surface area contributed by atoms with Crippen molar-refractivity contribution >= 4 is 0 Å². The Morgan fingerprint density at radius 3 is 1.38 bits per heavy atom. The van der Waals surface area contributed by atoms with E-state index in [4.69, 9.17) is 9.47 Å². The molecule has 0 aromatic heterocycles. The molecule has 0 heterocycles. The van der Waals surface area contributed by atoms with E-state index in [0.29, 0.717) is 11.8 Å². The molecule has 0 aliphatic heterocycles. The molecule has 0 saturated heterocycles. The van der Waals surface area contributed by atoms with Gasteiger partial charge in [-0.2, -0.15) is 0 Å². The summed E-state index contributed by atoms with van der Waals surface area (Å²) in [4.78, 5) is 0. The van der Waals surface area contributed by atoms with Crippen LogP contribution in [0.15, 0.2) is 36.4 Å². The zero-order chi connectivity index (χ0) is 23.3. The predicted molar refractivity (Wildman–Crippen MR) is 139 cm³/mol. The minimum atomic E-state index is 0.611. The molecule has 2 unspecified atom stereocenters. The molecule has 2 aromatic rings. The molecule has 0 aliphatic rings. The Morgan fingerprint density at radius 1 is 0.625 bits per heavy atom. The highest BCUT2D eigenvalue weighted by Gasteiger charge is 2.19. The van der Waals surface area contributed by atoms with Crippen LogP contribution >= 0.6 is 0 Å². The Hall–Kier alpha value is -1.96. The van der Waals surface area contributed by atoms with Crippen LogP contribution in [0.5, 0.6) is 11.5 Å². The summed E-state index contributed by atoms with van der Waals surface area (Å²) >= 11 is 0. The third kappa shape index (κ3) is 7.57. The Bertz CT molecular complexity index is 728. The van der Waals surface area contributed by atoms with Crippen molar-refractivity contribution in [2.45, 2.75) is 92.9 Å². The van der Waals surface area contributed by atoms with Crippen molar-refractivity contribution in [3.8, 4) is 22.6 Å². The molecule has 2 heteroatoms. The Morgan fingerprint density at radius 2 is 1.03 bits per heavy atom. The molecule has 0 saturated carbocycles. The molecule has 2 nitrogen and oxygen atoms in total. The number of hydrogen-bond acceptors (Lipinski definition) is 2. The van der Waals surface area contributed by atoms with Crippen molar-refractivity contribution in [1.29, 1.82) is 0 Å². The fraction of sp³-hybridized carbons (Fsp3) is 0.600. The molecule has 2 rings (SSSR count). The summed E-state index contributed by atoms with van der Waals surface area (Å²) in [6.45, 7) is 15.0. The van der Waals surface area contributed by atoms with Crippen LogP contribution in [0.4, 0.5) is 0 Å². The molecule has 2 atom stereocenters. The maximum absolute atomic E-state index is 6.48. The zero-order valence-electron chi connectivity index (χ0n) is 21.5. The van der Waals surface area contributed by atoms with Gasteiger partial charge in [0.05, 0.1) is 13.2 Å². The van der Waals surface area contributed by atoms with Crippen LogP contribution in [0.2, 0.25) is 0 Å². The van der Waals surface area contributed by atoms with E-state index in [1.807, 2.05) is 0 Å². The van der Waals surface area contributed by atoms with Gasteiger partial charge in [-0.3, -0.25) is 0 Å². The average Bonchev–Trinajstić information content (AvgIpc) is 2.80. The Labute approximate surface area is 197 Å². The van der Waals surface area contributed by atoms with Gasteiger partial charge in [-0.05, 0) is 61.8 Å². The summed E-state index contributed by atoms with van der Waals surface area (Å²) in [7, 11) is 0. The van der Waals surface area contributed by atoms with Gasteiger partial charge in [0.2, 0.25) is 0 Å². The highest BCUT2D eigenvalue weighted by Crippen LogP contribution is 2.41. The zero-order valence-corrected chi connectivity index (χ0v) is 21.5. The molecular weight excluding hydrogens is 392 g/mol. The molecule has 0 N–H and O–H groups in total. The lowest BCUT2D eigenvalue weighted by atomic mass is 9.94. The van der Waals surface area contributed by atoms with Gasteiger partial charge >= 0.3 is 0 Å². The highest BCUT2D eigenvalue weighted by molar-refractivity contribution is 5.81. The summed E-state index contributed by atoms with van der Waals surface area (Å²) in [6.07, 6.45) is 9.84. The van der Waals surface area contributed by atoms with E-state index in [1.54, 1.807) is 0 Å². The Kier molecular flexibility index (Phi) is 11.7. The van der Waals surface area contributed by atoms with E-state index in [0.717, 1.165) is 37.6 Å². The molecule has 0 radical (unpaired) electrons. The van der Waals surface area contributed by atoms with Crippen LogP contribution in [0.1, 0.15) is 90.2 Å². The van der Waals surface area contributed by atoms with Crippen LogP contribution in [-0.4, -0.2) is 13.2 Å². The molecule has 0 aliphatic carbocycles. The lowest BCUT2D eigenvalue weighted by Crippen LogP contribution is -2.13. The molecule has 32 heavy (non-hydrogen) atoms. The monoisotopic (exact) mass is 438 g/mol. The van der Waals surface area contributed by atoms with Gasteiger partial charge in [-0.1, -0.05) is 90.5 Å². The van der Waals surface area contributed by atoms with Gasteiger partial charge < -0.3 is 9.47 Å². The highest BCUT2D eigenvalue weighted by atomic mass is 16.5. The lowest BCUT2D eigenvalue weighted by Gasteiger charge is -2.22. The van der Waals surface area contributed by atoms with Crippen molar-refractivity contribution in [2.24, 2.45) is 11.8 Å². The number of benzene rings is 2. The minimum Gasteiger partial charge on any atom is -0.493 e. The number of rotatable bonds is 15. The molecule has 2 aromatic carbocycles. The smallest absolute Gasteiger partial charge is 0.127 e. The summed E-state index contributed by atoms with van der Waals surface area (Å²) in [5, 5.41) is 0. The van der Waals surface area contributed by atoms with Crippen molar-refractivity contribution in [3.63, 3.8) is 0 Å². The van der Waals surface area contributed by atoms with Crippen molar-refractivity contribution in [3.05, 3.63) is 47.5 Å². The number of hydrogen-bond donors (Lipinski definition) is 0. The van der Waals surface area contributed by atoms with Crippen LogP contribution in [0.25, 0.3) is 11.1 Å². The average molecular weight is 439 g/mol. The SMILES string of the molecule is CCCCC(CC)COc1cccc(C)c1-c1c(C)cccc1OCC(CC)CCCC. The van der Waals surface area contributed by atoms with Crippen molar-refractivity contribution < 1.29 is 9.47 Å². The predicted octanol–water partition coefficient (Wildman–Crippen LogP) is 9.16. The molecule has 0 fully saturated rings. The van der Waals surface area contributed by atoms with Crippen LogP contribution in [0, 0.1) is 25.7 Å². The number of ether oxygens (including phenoxy) is 2. The fourth-order valence-electron chi connectivity index (χ4n) is 4.37. The number of aryl methyl sites for hydroxylation is 2. The maximum atomic E-state index is 6.48. The summed E-state index contributed by atoms with van der Waals surface area (Å²) in [5.74, 6) is 3.19. The largest absolute Gasteiger partial charge is 0.493 e. The van der Waals surface area contributed by atoms with Gasteiger partial charge in [-0.25, -0.2) is 0 Å². The third-order valence-electron chi connectivity index (χ3n) is 6.75. The van der Waals surface area contributed by atoms with Crippen molar-refractivity contribution in [1.82, 2.24) is 0 Å². The van der Waals surface area contributed by atoms with Crippen molar-refractivity contribution in [2.75, 3.05) is 13.2 Å². The normalized spacial score (nSPS) is 13.1. The molecule has 0 bridgehead atoms. The first kappa shape index (κ1) is 26.3. The van der Waals surface area contributed by atoms with E-state index in [-0.39, 0.29) is 0 Å². The van der Waals surface area contributed by atoms with E-state index in [2.05, 4.69) is 77.9 Å². The van der Waals surface area contributed by atoms with E-state index < -0.39 is 0 Å². The second-order valence-corrected chi connectivity index (χ2v) is 9.35. The first-order valence-corrected chi connectivity index (χ1v) is 13.0. The van der Waals surface area contributed by atoms with Gasteiger partial charge in [-0.15, -0.1) is 0 Å². The van der Waals surface area contributed by atoms with Crippen LogP contribution < -0.4 is 9.47 Å². The molecule has 0 amide bonds. The van der Waals surface area contributed by atoms with Gasteiger partial charge in [0.25, 0.3) is 0 Å². The van der Waals surface area contributed by atoms with Crippen LogP contribution in [-0.2, 0) is 0 Å². The van der Waals surface area contributed by atoms with Gasteiger partial charge in [0.1, 0.15) is 11.5 Å². The van der Waals surface area contributed by atoms with E-state index >= 15 is 0 Å². The van der Waals surface area contributed by atoms with Crippen LogP contribution in [0.3, 0.4) is 0 Å². The first-order chi connectivity index (χ1) is 15.5. The van der Waals surface area contributed by atoms with E-state index in [9.17, 15) is 0 Å². The first-order valence-electron chi connectivity index (χ1n) is 13.0. The summed E-state index contributed by atoms with van der Waals surface area (Å²) < 4.78 is 13.0. The third-order valence-corrected chi connectivity index (χ3v) is 6.75. The Balaban J connectivity index is 2.30. The minimum absolute atomic E-state index is 0.611. The van der Waals surface area contributed by atoms with Gasteiger partial charge in [0, 0.05) is 11.1 Å². The lowest BCUT2D eigenvalue weighted by molar-refractivity contribution is 0.231. The van der Waals surface area contributed by atoms with E-state index in [1.165, 1.54) is 60.8 Å². The second kappa shape index (κ2) is 14.2. The standard InChI is InChI=1S/C30H46O2/c1-7-11-17-25(9-3)21-31-27-19-13-15-23(5)29(27)30-24(6)16-14-20-28(30)32-22-26(10-4)18-12-8-2/h13-16,19-20,25-26H,7-12,17-18,21-22H2,1-6H3. The number of unbranched alkanes of at least 4 members (excludes halogenated alkanes) is 2. The topological polar surface area (TPSA) is 18.5 Å². The fourth-order valence-corrected chi connectivity index (χ4v) is 4.37. The summed E-state index contributed by atoms with van der Waals surface area (Å²) in [6, 6.07) is 12.8. The quantitative estimate of drug-likeness (QED) is 0.276. The molecule has 178 valence electrons. The second-order valence-electron chi connectivity index (χ2n) is 9.35. The molecular formula is C30H46O2. The molecule has 0 spiro atoms. The summed E-state index contributed by atoms with van der Waals surface area (Å²) in [5.41, 5.74) is 4.85.